The molecule has 22 heavy (non-hydrogen) atoms. The topological polar surface area (TPSA) is 63.2 Å². The second-order valence-electron chi connectivity index (χ2n) is 7.17. The third-order valence-electron chi connectivity index (χ3n) is 3.70. The van der Waals surface area contributed by atoms with Gasteiger partial charge in [0.25, 0.3) is 0 Å². The summed E-state index contributed by atoms with van der Waals surface area (Å²) in [5.74, 6) is 1.28. The molecule has 0 saturated heterocycles. The molecule has 1 aromatic rings. The van der Waals surface area contributed by atoms with Gasteiger partial charge in [-0.05, 0) is 51.7 Å². The van der Waals surface area contributed by atoms with Crippen LogP contribution in [0.1, 0.15) is 53.4 Å². The summed E-state index contributed by atoms with van der Waals surface area (Å²) < 4.78 is 5.20. The number of nitrogens with zero attached hydrogens (tertiary/aromatic N) is 1. The SMILES string of the molecule is CC1CCCC(Nc2ccc(NC(=O)OC(C)(C)C)nc2)C1. The lowest BCUT2D eigenvalue weighted by molar-refractivity contribution is 0.0635. The maximum absolute atomic E-state index is 11.7. The molecular weight excluding hydrogens is 278 g/mol. The van der Waals surface area contributed by atoms with Crippen LogP contribution in [0.2, 0.25) is 0 Å². The largest absolute Gasteiger partial charge is 0.444 e. The number of hydrogen-bond donors (Lipinski definition) is 2. The lowest BCUT2D eigenvalue weighted by atomic mass is 9.87. The van der Waals surface area contributed by atoms with Crippen LogP contribution in [0, 0.1) is 5.92 Å². The highest BCUT2D eigenvalue weighted by Gasteiger charge is 2.19. The summed E-state index contributed by atoms with van der Waals surface area (Å²) in [5.41, 5.74) is 0.484. The Bertz CT molecular complexity index is 494. The van der Waals surface area contributed by atoms with Crippen LogP contribution in [0.4, 0.5) is 16.3 Å². The van der Waals surface area contributed by atoms with Crippen molar-refractivity contribution in [1.82, 2.24) is 4.98 Å². The molecule has 1 aromatic heterocycles. The number of carbonyl (C=O) groups is 1. The minimum absolute atomic E-state index is 0.484. The number of rotatable bonds is 3. The Labute approximate surface area is 132 Å². The van der Waals surface area contributed by atoms with E-state index in [-0.39, 0.29) is 0 Å². The van der Waals surface area contributed by atoms with Gasteiger partial charge in [-0.3, -0.25) is 5.32 Å². The predicted molar refractivity (Wildman–Crippen MR) is 89.1 cm³/mol. The number of carbonyl (C=O) groups excluding carboxylic acids is 1. The molecular formula is C17H27N3O2. The van der Waals surface area contributed by atoms with Crippen molar-refractivity contribution in [2.75, 3.05) is 10.6 Å². The number of nitrogens with one attached hydrogen (secondary N) is 2. The number of anilines is 2. The molecule has 0 aromatic carbocycles. The van der Waals surface area contributed by atoms with Gasteiger partial charge in [-0.25, -0.2) is 9.78 Å². The van der Waals surface area contributed by atoms with Crippen molar-refractivity contribution in [3.63, 3.8) is 0 Å². The molecule has 1 heterocycles. The van der Waals surface area contributed by atoms with Crippen molar-refractivity contribution >= 4 is 17.6 Å². The smallest absolute Gasteiger partial charge is 0.413 e. The molecule has 2 unspecified atom stereocenters. The van der Waals surface area contributed by atoms with E-state index in [1.807, 2.05) is 26.8 Å². The average molecular weight is 305 g/mol. The van der Waals surface area contributed by atoms with E-state index in [0.29, 0.717) is 11.9 Å². The van der Waals surface area contributed by atoms with E-state index in [0.717, 1.165) is 11.6 Å². The first-order valence-electron chi connectivity index (χ1n) is 8.04. The number of aromatic nitrogens is 1. The van der Waals surface area contributed by atoms with E-state index in [9.17, 15) is 4.79 Å². The summed E-state index contributed by atoms with van der Waals surface area (Å²) in [6, 6.07) is 4.26. The highest BCUT2D eigenvalue weighted by molar-refractivity contribution is 5.83. The predicted octanol–water partition coefficient (Wildman–Crippen LogP) is 4.42. The van der Waals surface area contributed by atoms with Crippen molar-refractivity contribution in [2.45, 2.75) is 65.0 Å². The van der Waals surface area contributed by atoms with Crippen LogP contribution < -0.4 is 10.6 Å². The standard InChI is InChI=1S/C17H27N3O2/c1-12-6-5-7-13(10-12)19-14-8-9-15(18-11-14)20-16(21)22-17(2,3)4/h8-9,11-13,19H,5-7,10H2,1-4H3,(H,18,20,21). The Morgan fingerprint density at radius 1 is 1.32 bits per heavy atom. The third kappa shape index (κ3) is 5.54. The van der Waals surface area contributed by atoms with Crippen molar-refractivity contribution in [3.05, 3.63) is 18.3 Å². The van der Waals surface area contributed by atoms with Gasteiger partial charge < -0.3 is 10.1 Å². The van der Waals surface area contributed by atoms with Gasteiger partial charge in [-0.15, -0.1) is 0 Å². The van der Waals surface area contributed by atoms with Gasteiger partial charge in [0.1, 0.15) is 11.4 Å². The summed E-state index contributed by atoms with van der Waals surface area (Å²) in [4.78, 5) is 15.9. The zero-order valence-corrected chi connectivity index (χ0v) is 14.0. The van der Waals surface area contributed by atoms with E-state index in [1.165, 1.54) is 25.7 Å². The summed E-state index contributed by atoms with van der Waals surface area (Å²) >= 11 is 0. The van der Waals surface area contributed by atoms with Gasteiger partial charge >= 0.3 is 6.09 Å². The van der Waals surface area contributed by atoms with Gasteiger partial charge in [0.05, 0.1) is 11.9 Å². The molecule has 2 N–H and O–H groups in total. The normalized spacial score (nSPS) is 22.0. The van der Waals surface area contributed by atoms with Crippen LogP contribution in [-0.4, -0.2) is 22.7 Å². The fourth-order valence-corrected chi connectivity index (χ4v) is 2.76. The fraction of sp³-hybridized carbons (Fsp3) is 0.647. The Kier molecular flexibility index (Phi) is 5.27. The Morgan fingerprint density at radius 2 is 2.09 bits per heavy atom. The number of amides is 1. The van der Waals surface area contributed by atoms with Gasteiger partial charge in [0, 0.05) is 6.04 Å². The van der Waals surface area contributed by atoms with E-state index in [2.05, 4.69) is 22.5 Å². The quantitative estimate of drug-likeness (QED) is 0.867. The summed E-state index contributed by atoms with van der Waals surface area (Å²) in [6.07, 6.45) is 6.30. The highest BCUT2D eigenvalue weighted by Crippen LogP contribution is 2.26. The molecule has 5 heteroatoms. The minimum atomic E-state index is -0.511. The van der Waals surface area contributed by atoms with Crippen LogP contribution >= 0.6 is 0 Å². The molecule has 0 bridgehead atoms. The molecule has 5 nitrogen and oxygen atoms in total. The Hall–Kier alpha value is -1.78. The maximum Gasteiger partial charge on any atom is 0.413 e. The van der Waals surface area contributed by atoms with Gasteiger partial charge in [0.15, 0.2) is 0 Å². The first kappa shape index (κ1) is 16.6. The lowest BCUT2D eigenvalue weighted by Crippen LogP contribution is -2.27. The number of pyridine rings is 1. The molecule has 1 amide bonds. The van der Waals surface area contributed by atoms with Crippen LogP contribution in [-0.2, 0) is 4.74 Å². The molecule has 1 saturated carbocycles. The fourth-order valence-electron chi connectivity index (χ4n) is 2.76. The zero-order valence-electron chi connectivity index (χ0n) is 14.0. The number of hydrogen-bond acceptors (Lipinski definition) is 4. The summed E-state index contributed by atoms with van der Waals surface area (Å²) in [6.45, 7) is 7.80. The van der Waals surface area contributed by atoms with Gasteiger partial charge in [0.2, 0.25) is 0 Å². The molecule has 1 fully saturated rings. The van der Waals surface area contributed by atoms with Gasteiger partial charge in [-0.1, -0.05) is 19.8 Å². The van der Waals surface area contributed by atoms with E-state index in [4.69, 9.17) is 4.74 Å². The van der Waals surface area contributed by atoms with Crippen LogP contribution in [0.15, 0.2) is 18.3 Å². The molecule has 0 spiro atoms. The Balaban J connectivity index is 1.86. The molecule has 122 valence electrons. The first-order chi connectivity index (χ1) is 10.3. The average Bonchev–Trinajstić information content (AvgIpc) is 2.39. The lowest BCUT2D eigenvalue weighted by Gasteiger charge is -2.28. The molecule has 2 rings (SSSR count). The number of ether oxygens (including phenoxy) is 1. The van der Waals surface area contributed by atoms with Crippen LogP contribution in [0.3, 0.4) is 0 Å². The molecule has 1 aliphatic carbocycles. The van der Waals surface area contributed by atoms with Gasteiger partial charge in [-0.2, -0.15) is 0 Å². The zero-order chi connectivity index (χ0) is 16.2. The first-order valence-corrected chi connectivity index (χ1v) is 8.04. The highest BCUT2D eigenvalue weighted by atomic mass is 16.6. The summed E-state index contributed by atoms with van der Waals surface area (Å²) in [5, 5.41) is 6.16. The monoisotopic (exact) mass is 305 g/mol. The minimum Gasteiger partial charge on any atom is -0.444 e. The molecule has 2 atom stereocenters. The second-order valence-corrected chi connectivity index (χ2v) is 7.17. The van der Waals surface area contributed by atoms with E-state index >= 15 is 0 Å². The molecule has 0 radical (unpaired) electrons. The van der Waals surface area contributed by atoms with Crippen molar-refractivity contribution in [1.29, 1.82) is 0 Å². The second kappa shape index (κ2) is 6.99. The maximum atomic E-state index is 11.7. The third-order valence-corrected chi connectivity index (χ3v) is 3.70. The Morgan fingerprint density at radius 3 is 2.68 bits per heavy atom. The van der Waals surface area contributed by atoms with Crippen molar-refractivity contribution in [2.24, 2.45) is 5.92 Å². The summed E-state index contributed by atoms with van der Waals surface area (Å²) in [7, 11) is 0. The van der Waals surface area contributed by atoms with Crippen LogP contribution in [0.25, 0.3) is 0 Å². The molecule has 0 aliphatic heterocycles. The van der Waals surface area contributed by atoms with Crippen molar-refractivity contribution in [3.8, 4) is 0 Å². The van der Waals surface area contributed by atoms with Crippen LogP contribution in [0.5, 0.6) is 0 Å². The van der Waals surface area contributed by atoms with E-state index in [1.54, 1.807) is 12.3 Å². The molecule has 1 aliphatic rings. The van der Waals surface area contributed by atoms with Crippen molar-refractivity contribution < 1.29 is 9.53 Å². The van der Waals surface area contributed by atoms with E-state index < -0.39 is 11.7 Å².